The molecule has 1 saturated carbocycles. The smallest absolute Gasteiger partial charge is 0.462 e. The Labute approximate surface area is 345 Å². The van der Waals surface area contributed by atoms with Gasteiger partial charge in [-0.25, -0.2) is 4.57 Å². The van der Waals surface area contributed by atoms with Crippen molar-refractivity contribution < 1.29 is 68.2 Å². The molecule has 0 aromatic rings. The van der Waals surface area contributed by atoms with Crippen molar-refractivity contribution in [3.05, 3.63) is 60.8 Å². The summed E-state index contributed by atoms with van der Waals surface area (Å²) in [6, 6.07) is 0. The summed E-state index contributed by atoms with van der Waals surface area (Å²) in [6.07, 6.45) is 21.8. The molecular formula is C43H73O14P. The zero-order valence-corrected chi connectivity index (χ0v) is 35.6. The van der Waals surface area contributed by atoms with Crippen LogP contribution in [0.5, 0.6) is 0 Å². The summed E-state index contributed by atoms with van der Waals surface area (Å²) in [5.41, 5.74) is 0. The molecular weight excluding hydrogens is 771 g/mol. The molecule has 0 spiro atoms. The Morgan fingerprint density at radius 3 is 1.81 bits per heavy atom. The van der Waals surface area contributed by atoms with Crippen molar-refractivity contribution in [2.24, 2.45) is 0 Å². The van der Waals surface area contributed by atoms with Crippen LogP contribution < -0.4 is 0 Å². The highest BCUT2D eigenvalue weighted by Gasteiger charge is 2.51. The lowest BCUT2D eigenvalue weighted by Gasteiger charge is -2.41. The van der Waals surface area contributed by atoms with Crippen LogP contribution in [0.15, 0.2) is 60.8 Å². The van der Waals surface area contributed by atoms with Gasteiger partial charge >= 0.3 is 19.8 Å². The highest BCUT2D eigenvalue weighted by atomic mass is 31.2. The summed E-state index contributed by atoms with van der Waals surface area (Å²) in [5.74, 6) is -1.18. The quantitative estimate of drug-likeness (QED) is 0.0126. The molecule has 334 valence electrons. The molecule has 0 radical (unpaired) electrons. The topological polar surface area (TPSA) is 230 Å². The molecule has 9 atom stereocenters. The minimum Gasteiger partial charge on any atom is -0.462 e. The van der Waals surface area contributed by atoms with Gasteiger partial charge in [-0.15, -0.1) is 0 Å². The molecule has 58 heavy (non-hydrogen) atoms. The van der Waals surface area contributed by atoms with Crippen molar-refractivity contribution in [1.29, 1.82) is 0 Å². The number of ether oxygens (including phenoxy) is 2. The van der Waals surface area contributed by atoms with Gasteiger partial charge in [0.15, 0.2) is 6.10 Å². The summed E-state index contributed by atoms with van der Waals surface area (Å²) >= 11 is 0. The van der Waals surface area contributed by atoms with E-state index in [9.17, 15) is 49.7 Å². The zero-order valence-electron chi connectivity index (χ0n) is 34.7. The van der Waals surface area contributed by atoms with E-state index >= 15 is 0 Å². The first-order valence-electron chi connectivity index (χ1n) is 21.2. The molecule has 1 aliphatic carbocycles. The molecule has 15 heteroatoms. The van der Waals surface area contributed by atoms with E-state index in [1.165, 1.54) is 0 Å². The molecule has 0 aliphatic heterocycles. The maximum absolute atomic E-state index is 12.8. The molecule has 0 aromatic heterocycles. The number of allylic oxidation sites excluding steroid dienone is 8. The van der Waals surface area contributed by atoms with E-state index in [1.807, 2.05) is 31.2 Å². The van der Waals surface area contributed by atoms with Gasteiger partial charge in [0.25, 0.3) is 0 Å². The van der Waals surface area contributed by atoms with Crippen LogP contribution in [0, 0.1) is 0 Å². The largest absolute Gasteiger partial charge is 0.472 e. The second-order valence-corrected chi connectivity index (χ2v) is 16.1. The number of carbonyl (C=O) groups is 2. The molecule has 1 aliphatic rings. The number of aliphatic hydroxyl groups is 6. The summed E-state index contributed by atoms with van der Waals surface area (Å²) in [5, 5.41) is 59.9. The summed E-state index contributed by atoms with van der Waals surface area (Å²) in [7, 11) is -5.14. The highest BCUT2D eigenvalue weighted by molar-refractivity contribution is 7.47. The minimum atomic E-state index is -5.14. The number of hydrogen-bond donors (Lipinski definition) is 7. The molecule has 7 N–H and O–H groups in total. The summed E-state index contributed by atoms with van der Waals surface area (Å²) in [6.45, 7) is 2.96. The molecule has 0 heterocycles. The lowest BCUT2D eigenvalue weighted by molar-refractivity contribution is -0.220. The molecule has 0 bridgehead atoms. The van der Waals surface area contributed by atoms with Crippen molar-refractivity contribution in [3.63, 3.8) is 0 Å². The van der Waals surface area contributed by atoms with Crippen molar-refractivity contribution >= 4 is 19.8 Å². The fraction of sp³-hybridized carbons (Fsp3) is 0.721. The fourth-order valence-electron chi connectivity index (χ4n) is 5.95. The maximum Gasteiger partial charge on any atom is 0.472 e. The second kappa shape index (κ2) is 33.3. The predicted octanol–water partition coefficient (Wildman–Crippen LogP) is 6.36. The standard InChI is InChI=1S/C43H73O14P/c1-3-5-7-8-9-10-11-12-13-16-20-23-27-31-37(46)56-35(33-55-58(52,53)57-43-41(50)39(48)38(47)40(49)42(43)51)32-54-36(45)30-26-22-19-17-14-15-18-21-25-29-34(44)28-24-6-4-2/h6-8,10-11,18,21,24-25,29,34-35,38-44,47-51H,3-5,9,12-17,19-20,22-23,26-28,30-33H2,1-2H3,(H,52,53)/b8-7-,11-10-,21-18+,24-6+,29-25+/t34?,35-,38?,39-,40+,41-,42-,43?/m1/s1. The fourth-order valence-corrected chi connectivity index (χ4v) is 6.92. The average Bonchev–Trinajstić information content (AvgIpc) is 3.19. The van der Waals surface area contributed by atoms with Crippen LogP contribution in [-0.2, 0) is 32.7 Å². The number of phosphoric ester groups is 1. The number of unbranched alkanes of at least 4 members (excludes halogenated alkanes) is 11. The number of esters is 2. The van der Waals surface area contributed by atoms with Crippen LogP contribution in [0.4, 0.5) is 0 Å². The van der Waals surface area contributed by atoms with Crippen LogP contribution in [0.2, 0.25) is 0 Å². The molecule has 1 fully saturated rings. The Kier molecular flexibility index (Phi) is 30.7. The lowest BCUT2D eigenvalue weighted by atomic mass is 9.85. The van der Waals surface area contributed by atoms with Gasteiger partial charge in [0.1, 0.15) is 43.2 Å². The third-order valence-corrected chi connectivity index (χ3v) is 10.4. The van der Waals surface area contributed by atoms with E-state index in [2.05, 4.69) is 37.3 Å². The van der Waals surface area contributed by atoms with E-state index in [1.54, 1.807) is 6.08 Å². The Bertz CT molecular complexity index is 1270. The first-order valence-corrected chi connectivity index (χ1v) is 22.7. The van der Waals surface area contributed by atoms with Crippen molar-refractivity contribution in [1.82, 2.24) is 0 Å². The van der Waals surface area contributed by atoms with Gasteiger partial charge in [0.05, 0.1) is 12.7 Å². The Morgan fingerprint density at radius 1 is 0.638 bits per heavy atom. The predicted molar refractivity (Wildman–Crippen MR) is 222 cm³/mol. The minimum absolute atomic E-state index is 0.0624. The lowest BCUT2D eigenvalue weighted by Crippen LogP contribution is -2.64. The van der Waals surface area contributed by atoms with E-state index in [4.69, 9.17) is 18.5 Å². The van der Waals surface area contributed by atoms with Crippen LogP contribution in [0.1, 0.15) is 136 Å². The Balaban J connectivity index is 2.54. The van der Waals surface area contributed by atoms with E-state index in [-0.39, 0.29) is 12.8 Å². The zero-order chi connectivity index (χ0) is 43.0. The molecule has 0 saturated heterocycles. The van der Waals surface area contributed by atoms with Crippen LogP contribution >= 0.6 is 7.82 Å². The number of aliphatic hydroxyl groups excluding tert-OH is 6. The van der Waals surface area contributed by atoms with E-state index < -0.39 is 81.8 Å². The molecule has 1 rings (SSSR count). The van der Waals surface area contributed by atoms with Crippen LogP contribution in [-0.4, -0.2) is 110 Å². The maximum atomic E-state index is 12.8. The van der Waals surface area contributed by atoms with Crippen molar-refractivity contribution in [2.75, 3.05) is 13.2 Å². The average molecular weight is 845 g/mol. The Morgan fingerprint density at radius 2 is 1.19 bits per heavy atom. The molecule has 0 aromatic carbocycles. The monoisotopic (exact) mass is 844 g/mol. The van der Waals surface area contributed by atoms with Gasteiger partial charge in [-0.2, -0.15) is 0 Å². The van der Waals surface area contributed by atoms with E-state index in [0.717, 1.165) is 89.9 Å². The molecule has 4 unspecified atom stereocenters. The van der Waals surface area contributed by atoms with E-state index in [0.29, 0.717) is 19.3 Å². The van der Waals surface area contributed by atoms with Gasteiger partial charge in [0, 0.05) is 12.8 Å². The number of phosphoric acid groups is 1. The van der Waals surface area contributed by atoms with Gasteiger partial charge in [-0.3, -0.25) is 18.6 Å². The summed E-state index contributed by atoms with van der Waals surface area (Å²) < 4.78 is 33.4. The summed E-state index contributed by atoms with van der Waals surface area (Å²) in [4.78, 5) is 35.6. The van der Waals surface area contributed by atoms with Gasteiger partial charge in [-0.05, 0) is 64.2 Å². The van der Waals surface area contributed by atoms with Crippen LogP contribution in [0.3, 0.4) is 0 Å². The van der Waals surface area contributed by atoms with Crippen molar-refractivity contribution in [3.8, 4) is 0 Å². The highest BCUT2D eigenvalue weighted by Crippen LogP contribution is 2.47. The first kappa shape index (κ1) is 53.5. The number of carbonyl (C=O) groups excluding carboxylic acids is 2. The van der Waals surface area contributed by atoms with Gasteiger partial charge in [-0.1, -0.05) is 120 Å². The molecule has 14 nitrogen and oxygen atoms in total. The normalized spacial score (nSPS) is 23.7. The van der Waals surface area contributed by atoms with Crippen LogP contribution in [0.25, 0.3) is 0 Å². The van der Waals surface area contributed by atoms with Gasteiger partial charge in [0.2, 0.25) is 0 Å². The third kappa shape index (κ3) is 25.9. The number of rotatable bonds is 33. The van der Waals surface area contributed by atoms with Crippen molar-refractivity contribution in [2.45, 2.75) is 185 Å². The second-order valence-electron chi connectivity index (χ2n) is 14.7. The Hall–Kier alpha value is -2.49. The third-order valence-electron chi connectivity index (χ3n) is 9.40. The first-order chi connectivity index (χ1) is 27.8. The molecule has 0 amide bonds. The SMILES string of the molecule is CC/C=C/CC(O)/C=C/C=C/CCCCCCCC(=O)OC[C@H](COP(=O)(O)OC1[C@H](O)[C@H](O)C(O)[C@H](O)[C@H]1O)OC(=O)CCCCCCC/C=C\C/C=C\CCC. The van der Waals surface area contributed by atoms with Gasteiger partial charge < -0.3 is 45.0 Å². The number of hydrogen-bond acceptors (Lipinski definition) is 13.